The molecule has 0 fully saturated rings. The van der Waals surface area contributed by atoms with Crippen LogP contribution in [0.5, 0.6) is 11.5 Å². The minimum Gasteiger partial charge on any atom is -0.426 e. The number of esters is 2. The van der Waals surface area contributed by atoms with Crippen molar-refractivity contribution >= 4 is 35.4 Å². The van der Waals surface area contributed by atoms with Crippen LogP contribution in [0.15, 0.2) is 97.1 Å². The monoisotopic (exact) mass is 678 g/mol. The standard InChI is InChI=1S/C40H38O10/c1-39(2,3)23-33(41)47-31-21-13-11-19-29(31)35(43)25-15-7-9-17-27(25)37(45)49-50-38(46)28-18-10-8-16-26(28)36(44)30-20-12-14-22-32(30)48-34(42)24-40(4,5)6/h7-22H,23-24H2,1-6H3. The van der Waals surface area contributed by atoms with Crippen LogP contribution in [0.4, 0.5) is 0 Å². The molecular weight excluding hydrogens is 640 g/mol. The van der Waals surface area contributed by atoms with Gasteiger partial charge < -0.3 is 9.47 Å². The Morgan fingerprint density at radius 1 is 0.420 bits per heavy atom. The van der Waals surface area contributed by atoms with Crippen LogP contribution in [-0.2, 0) is 19.4 Å². The Balaban J connectivity index is 1.52. The highest BCUT2D eigenvalue weighted by Crippen LogP contribution is 2.28. The van der Waals surface area contributed by atoms with Gasteiger partial charge in [0.25, 0.3) is 0 Å². The zero-order chi connectivity index (χ0) is 36.6. The first-order valence-electron chi connectivity index (χ1n) is 15.8. The van der Waals surface area contributed by atoms with Crippen LogP contribution in [0.1, 0.15) is 107 Å². The molecule has 0 saturated heterocycles. The quantitative estimate of drug-likeness (QED) is 0.0537. The number of hydrogen-bond acceptors (Lipinski definition) is 10. The Morgan fingerprint density at radius 3 is 1.02 bits per heavy atom. The number of carbonyl (C=O) groups excluding carboxylic acids is 6. The van der Waals surface area contributed by atoms with Crippen molar-refractivity contribution in [1.29, 1.82) is 0 Å². The first-order valence-corrected chi connectivity index (χ1v) is 15.8. The van der Waals surface area contributed by atoms with Gasteiger partial charge >= 0.3 is 23.9 Å². The second-order valence-electron chi connectivity index (χ2n) is 13.9. The molecule has 0 aliphatic heterocycles. The molecule has 50 heavy (non-hydrogen) atoms. The van der Waals surface area contributed by atoms with Crippen molar-refractivity contribution in [3.05, 3.63) is 130 Å². The maximum Gasteiger partial charge on any atom is 0.387 e. The van der Waals surface area contributed by atoms with E-state index in [2.05, 4.69) is 0 Å². The van der Waals surface area contributed by atoms with Crippen LogP contribution < -0.4 is 9.47 Å². The van der Waals surface area contributed by atoms with Gasteiger partial charge in [0.15, 0.2) is 11.6 Å². The molecule has 10 heteroatoms. The van der Waals surface area contributed by atoms with E-state index in [-0.39, 0.29) is 68.6 Å². The Labute approximate surface area is 290 Å². The molecule has 0 atom stereocenters. The smallest absolute Gasteiger partial charge is 0.387 e. The number of hydrogen-bond donors (Lipinski definition) is 0. The van der Waals surface area contributed by atoms with Gasteiger partial charge in [-0.1, -0.05) is 102 Å². The van der Waals surface area contributed by atoms with Crippen LogP contribution in [0, 0.1) is 10.8 Å². The van der Waals surface area contributed by atoms with E-state index in [9.17, 15) is 28.8 Å². The van der Waals surface area contributed by atoms with E-state index >= 15 is 0 Å². The fourth-order valence-corrected chi connectivity index (χ4v) is 4.84. The predicted molar refractivity (Wildman–Crippen MR) is 183 cm³/mol. The summed E-state index contributed by atoms with van der Waals surface area (Å²) in [6.45, 7) is 11.3. The molecule has 4 aromatic carbocycles. The average Bonchev–Trinajstić information content (AvgIpc) is 3.05. The molecule has 0 aliphatic carbocycles. The second-order valence-corrected chi connectivity index (χ2v) is 13.9. The largest absolute Gasteiger partial charge is 0.426 e. The van der Waals surface area contributed by atoms with Crippen molar-refractivity contribution in [2.45, 2.75) is 54.4 Å². The lowest BCUT2D eigenvalue weighted by Crippen LogP contribution is -2.20. The van der Waals surface area contributed by atoms with Crippen molar-refractivity contribution in [3.8, 4) is 11.5 Å². The third-order valence-corrected chi connectivity index (χ3v) is 7.04. The Kier molecular flexibility index (Phi) is 11.5. The van der Waals surface area contributed by atoms with Gasteiger partial charge in [-0.25, -0.2) is 19.4 Å². The normalized spacial score (nSPS) is 11.2. The SMILES string of the molecule is CC(C)(C)CC(=O)Oc1ccccc1C(=O)c1ccccc1C(=O)OOC(=O)c1ccccc1C(=O)c1ccccc1OC(=O)CC(C)(C)C. The fourth-order valence-electron chi connectivity index (χ4n) is 4.84. The lowest BCUT2D eigenvalue weighted by Gasteiger charge is -2.17. The highest BCUT2D eigenvalue weighted by atomic mass is 17.2. The van der Waals surface area contributed by atoms with Crippen molar-refractivity contribution < 1.29 is 48.0 Å². The lowest BCUT2D eigenvalue weighted by molar-refractivity contribution is -0.187. The summed E-state index contributed by atoms with van der Waals surface area (Å²) in [7, 11) is 0. The van der Waals surface area contributed by atoms with E-state index in [0.29, 0.717) is 0 Å². The molecule has 0 bridgehead atoms. The molecule has 0 spiro atoms. The highest BCUT2D eigenvalue weighted by Gasteiger charge is 2.28. The summed E-state index contributed by atoms with van der Waals surface area (Å²) >= 11 is 0. The summed E-state index contributed by atoms with van der Waals surface area (Å²) < 4.78 is 11.0. The number of ketones is 2. The van der Waals surface area contributed by atoms with Gasteiger partial charge in [0.05, 0.1) is 35.1 Å². The average molecular weight is 679 g/mol. The third kappa shape index (κ3) is 9.82. The van der Waals surface area contributed by atoms with Crippen molar-refractivity contribution in [3.63, 3.8) is 0 Å². The first kappa shape index (κ1) is 36.9. The first-order chi connectivity index (χ1) is 23.5. The van der Waals surface area contributed by atoms with Gasteiger partial charge in [0.2, 0.25) is 0 Å². The van der Waals surface area contributed by atoms with Gasteiger partial charge in [0, 0.05) is 11.1 Å². The fraction of sp³-hybridized carbons (Fsp3) is 0.250. The molecule has 0 aromatic heterocycles. The molecule has 0 aliphatic rings. The lowest BCUT2D eigenvalue weighted by atomic mass is 9.92. The van der Waals surface area contributed by atoms with E-state index in [1.807, 2.05) is 41.5 Å². The van der Waals surface area contributed by atoms with E-state index < -0.39 is 35.4 Å². The number of ether oxygens (including phenoxy) is 2. The Bertz CT molecular complexity index is 1800. The molecule has 0 heterocycles. The summed E-state index contributed by atoms with van der Waals surface area (Å²) in [6.07, 6.45) is 0.214. The van der Waals surface area contributed by atoms with Crippen LogP contribution >= 0.6 is 0 Å². The number of benzene rings is 4. The van der Waals surface area contributed by atoms with Gasteiger partial charge in [-0.2, -0.15) is 0 Å². The number of para-hydroxylation sites is 2. The van der Waals surface area contributed by atoms with E-state index in [4.69, 9.17) is 19.2 Å². The zero-order valence-electron chi connectivity index (χ0n) is 28.7. The van der Waals surface area contributed by atoms with E-state index in [1.165, 1.54) is 72.8 Å². The topological polar surface area (TPSA) is 139 Å². The van der Waals surface area contributed by atoms with Gasteiger partial charge in [-0.15, -0.1) is 0 Å². The highest BCUT2D eigenvalue weighted by molar-refractivity contribution is 6.17. The number of carbonyl (C=O) groups is 6. The van der Waals surface area contributed by atoms with Crippen LogP contribution in [-0.4, -0.2) is 35.4 Å². The molecule has 4 rings (SSSR count). The summed E-state index contributed by atoms with van der Waals surface area (Å²) in [6, 6.07) is 23.7. The van der Waals surface area contributed by atoms with Crippen LogP contribution in [0.2, 0.25) is 0 Å². The van der Waals surface area contributed by atoms with Crippen molar-refractivity contribution in [2.75, 3.05) is 0 Å². The van der Waals surface area contributed by atoms with Crippen LogP contribution in [0.3, 0.4) is 0 Å². The molecular formula is C40H38O10. The molecule has 0 saturated carbocycles. The molecule has 0 unspecified atom stereocenters. The minimum absolute atomic E-state index is 0.0214. The van der Waals surface area contributed by atoms with Crippen molar-refractivity contribution in [1.82, 2.24) is 0 Å². The molecule has 258 valence electrons. The zero-order valence-corrected chi connectivity index (χ0v) is 28.7. The summed E-state index contributed by atoms with van der Waals surface area (Å²) in [5.74, 6) is -4.61. The second kappa shape index (κ2) is 15.5. The summed E-state index contributed by atoms with van der Waals surface area (Å²) in [5.41, 5.74) is -1.27. The molecule has 0 radical (unpaired) electrons. The molecule has 4 aromatic rings. The third-order valence-electron chi connectivity index (χ3n) is 7.04. The van der Waals surface area contributed by atoms with Gasteiger partial charge in [0.1, 0.15) is 11.5 Å². The minimum atomic E-state index is -1.16. The molecule has 0 N–H and O–H groups in total. The number of rotatable bonds is 10. The summed E-state index contributed by atoms with van der Waals surface area (Å²) in [4.78, 5) is 88.5. The van der Waals surface area contributed by atoms with Gasteiger partial charge in [-0.05, 0) is 47.2 Å². The van der Waals surface area contributed by atoms with E-state index in [1.54, 1.807) is 24.3 Å². The maximum absolute atomic E-state index is 13.7. The predicted octanol–water partition coefficient (Wildman–Crippen LogP) is 7.76. The summed E-state index contributed by atoms with van der Waals surface area (Å²) in [5, 5.41) is 0. The Hall–Kier alpha value is -5.90. The van der Waals surface area contributed by atoms with Crippen LogP contribution in [0.25, 0.3) is 0 Å². The Morgan fingerprint density at radius 2 is 0.700 bits per heavy atom. The van der Waals surface area contributed by atoms with E-state index in [0.717, 1.165) is 0 Å². The maximum atomic E-state index is 13.7. The molecule has 0 amide bonds. The molecule has 10 nitrogen and oxygen atoms in total. The van der Waals surface area contributed by atoms with Gasteiger partial charge in [-0.3, -0.25) is 19.2 Å². The van der Waals surface area contributed by atoms with Crippen molar-refractivity contribution in [2.24, 2.45) is 10.8 Å².